The number of nitrogens with zero attached hydrogens (tertiary/aromatic N) is 3. The number of anilines is 2. The number of hydrogen-bond donors (Lipinski definition) is 0. The van der Waals surface area contributed by atoms with Crippen molar-refractivity contribution in [3.8, 4) is 6.07 Å². The fourth-order valence-corrected chi connectivity index (χ4v) is 3.86. The minimum atomic E-state index is -4.40. The zero-order valence-electron chi connectivity index (χ0n) is 14.1. The molecule has 2 aromatic carbocycles. The summed E-state index contributed by atoms with van der Waals surface area (Å²) in [6.45, 7) is 0.238. The smallest absolute Gasteiger partial charge is 0.313 e. The third-order valence-electron chi connectivity index (χ3n) is 3.87. The Kier molecular flexibility index (Phi) is 5.82. The summed E-state index contributed by atoms with van der Waals surface area (Å²) in [6, 6.07) is 13.6. The zero-order chi connectivity index (χ0) is 20.3. The van der Waals surface area contributed by atoms with Crippen molar-refractivity contribution in [3.63, 3.8) is 0 Å². The molecule has 3 rings (SSSR count). The van der Waals surface area contributed by atoms with E-state index in [4.69, 9.17) is 5.26 Å². The van der Waals surface area contributed by atoms with Crippen molar-refractivity contribution in [1.82, 2.24) is 4.98 Å². The Morgan fingerprint density at radius 3 is 2.29 bits per heavy atom. The maximum absolute atomic E-state index is 12.8. The number of nitriles is 1. The standard InChI is InChI=1S/C19H11BrF3N3OS/c20-17-16(11-27)25-18(28-17)26(15-7-3-12(9-24)4-8-15)10-13-1-5-14(6-2-13)19(21,22)23/h1-8,11H,10H2. The number of benzene rings is 2. The molecule has 0 saturated carbocycles. The van der Waals surface area contributed by atoms with Crippen LogP contribution < -0.4 is 4.90 Å². The van der Waals surface area contributed by atoms with E-state index in [0.717, 1.165) is 12.1 Å². The highest BCUT2D eigenvalue weighted by atomic mass is 79.9. The van der Waals surface area contributed by atoms with Crippen molar-refractivity contribution in [3.05, 3.63) is 74.7 Å². The number of halogens is 4. The van der Waals surface area contributed by atoms with Gasteiger partial charge in [-0.3, -0.25) is 4.79 Å². The molecular formula is C19H11BrF3N3OS. The van der Waals surface area contributed by atoms with E-state index in [-0.39, 0.29) is 12.2 Å². The van der Waals surface area contributed by atoms with Crippen LogP contribution in [0.4, 0.5) is 24.0 Å². The lowest BCUT2D eigenvalue weighted by atomic mass is 10.1. The van der Waals surface area contributed by atoms with Gasteiger partial charge in [0.05, 0.1) is 23.7 Å². The Morgan fingerprint density at radius 1 is 1.14 bits per heavy atom. The fraction of sp³-hybridized carbons (Fsp3) is 0.105. The van der Waals surface area contributed by atoms with Gasteiger partial charge in [0, 0.05) is 5.69 Å². The van der Waals surface area contributed by atoms with Crippen LogP contribution in [-0.2, 0) is 12.7 Å². The first kappa shape index (κ1) is 20.0. The summed E-state index contributed by atoms with van der Waals surface area (Å²) in [5, 5.41) is 9.47. The predicted molar refractivity (Wildman–Crippen MR) is 104 cm³/mol. The number of carbonyl (C=O) groups is 1. The molecule has 0 amide bonds. The van der Waals surface area contributed by atoms with E-state index in [1.54, 1.807) is 29.2 Å². The van der Waals surface area contributed by atoms with Crippen molar-refractivity contribution in [2.24, 2.45) is 0 Å². The topological polar surface area (TPSA) is 57.0 Å². The number of aromatic nitrogens is 1. The van der Waals surface area contributed by atoms with Crippen molar-refractivity contribution < 1.29 is 18.0 Å². The summed E-state index contributed by atoms with van der Waals surface area (Å²) in [6.07, 6.45) is -3.77. The van der Waals surface area contributed by atoms with Crippen LogP contribution in [0.2, 0.25) is 0 Å². The molecule has 0 saturated heterocycles. The number of rotatable bonds is 5. The zero-order valence-corrected chi connectivity index (χ0v) is 16.5. The Labute approximate surface area is 171 Å². The highest BCUT2D eigenvalue weighted by Crippen LogP contribution is 2.36. The van der Waals surface area contributed by atoms with Crippen LogP contribution in [0, 0.1) is 11.3 Å². The van der Waals surface area contributed by atoms with Gasteiger partial charge in [0.1, 0.15) is 9.48 Å². The Morgan fingerprint density at radius 2 is 1.79 bits per heavy atom. The minimum Gasteiger partial charge on any atom is -0.313 e. The molecular weight excluding hydrogens is 455 g/mol. The van der Waals surface area contributed by atoms with Gasteiger partial charge in [-0.2, -0.15) is 18.4 Å². The van der Waals surface area contributed by atoms with Gasteiger partial charge in [-0.1, -0.05) is 23.5 Å². The van der Waals surface area contributed by atoms with Crippen LogP contribution in [0.15, 0.2) is 52.3 Å². The molecule has 1 aromatic heterocycles. The molecule has 0 unspecified atom stereocenters. The van der Waals surface area contributed by atoms with E-state index in [1.165, 1.54) is 23.5 Å². The van der Waals surface area contributed by atoms with E-state index in [9.17, 15) is 18.0 Å². The molecule has 28 heavy (non-hydrogen) atoms. The average molecular weight is 466 g/mol. The first-order valence-electron chi connectivity index (χ1n) is 7.87. The van der Waals surface area contributed by atoms with E-state index in [0.29, 0.717) is 32.0 Å². The number of alkyl halides is 3. The molecule has 4 nitrogen and oxygen atoms in total. The van der Waals surface area contributed by atoms with Crippen LogP contribution in [0.5, 0.6) is 0 Å². The lowest BCUT2D eigenvalue weighted by Crippen LogP contribution is -2.16. The average Bonchev–Trinajstić information content (AvgIpc) is 3.06. The van der Waals surface area contributed by atoms with E-state index < -0.39 is 11.7 Å². The molecule has 0 aliphatic carbocycles. The van der Waals surface area contributed by atoms with Gasteiger partial charge < -0.3 is 4.90 Å². The van der Waals surface area contributed by atoms with E-state index in [2.05, 4.69) is 20.9 Å². The van der Waals surface area contributed by atoms with Crippen LogP contribution in [-0.4, -0.2) is 11.3 Å². The van der Waals surface area contributed by atoms with Gasteiger partial charge in [-0.15, -0.1) is 0 Å². The lowest BCUT2D eigenvalue weighted by Gasteiger charge is -2.22. The summed E-state index contributed by atoms with van der Waals surface area (Å²) in [5.74, 6) is 0. The number of carbonyl (C=O) groups excluding carboxylic acids is 1. The second kappa shape index (κ2) is 8.12. The van der Waals surface area contributed by atoms with Crippen molar-refractivity contribution in [2.75, 3.05) is 4.90 Å². The largest absolute Gasteiger partial charge is 0.416 e. The quantitative estimate of drug-likeness (QED) is 0.437. The maximum atomic E-state index is 12.8. The third-order valence-corrected chi connectivity index (χ3v) is 5.65. The van der Waals surface area contributed by atoms with Gasteiger partial charge in [-0.25, -0.2) is 4.98 Å². The molecule has 0 atom stereocenters. The predicted octanol–water partition coefficient (Wildman–Crippen LogP) is 5.95. The van der Waals surface area contributed by atoms with Gasteiger partial charge in [-0.05, 0) is 57.9 Å². The van der Waals surface area contributed by atoms with Crippen LogP contribution in [0.1, 0.15) is 27.2 Å². The highest BCUT2D eigenvalue weighted by molar-refractivity contribution is 9.11. The molecule has 0 aliphatic rings. The molecule has 0 fully saturated rings. The fourth-order valence-electron chi connectivity index (χ4n) is 2.46. The molecule has 0 bridgehead atoms. The summed E-state index contributed by atoms with van der Waals surface area (Å²) in [5.41, 5.74) is 1.33. The first-order valence-corrected chi connectivity index (χ1v) is 9.48. The molecule has 0 N–H and O–H groups in total. The first-order chi connectivity index (χ1) is 13.3. The maximum Gasteiger partial charge on any atom is 0.416 e. The number of hydrogen-bond acceptors (Lipinski definition) is 5. The van der Waals surface area contributed by atoms with Crippen LogP contribution in [0.25, 0.3) is 0 Å². The van der Waals surface area contributed by atoms with Crippen molar-refractivity contribution in [1.29, 1.82) is 5.26 Å². The molecule has 0 spiro atoms. The normalized spacial score (nSPS) is 11.1. The van der Waals surface area contributed by atoms with Crippen molar-refractivity contribution >= 4 is 44.4 Å². The monoisotopic (exact) mass is 465 g/mol. The summed E-state index contributed by atoms with van der Waals surface area (Å²) >= 11 is 4.52. The molecule has 3 aromatic rings. The second-order valence-electron chi connectivity index (χ2n) is 5.71. The van der Waals surface area contributed by atoms with Crippen LogP contribution in [0.3, 0.4) is 0 Å². The molecule has 142 valence electrons. The lowest BCUT2D eigenvalue weighted by molar-refractivity contribution is -0.137. The molecule has 0 aliphatic heterocycles. The Bertz CT molecular complexity index is 1020. The number of thiazole rings is 1. The van der Waals surface area contributed by atoms with Crippen molar-refractivity contribution in [2.45, 2.75) is 12.7 Å². The van der Waals surface area contributed by atoms with E-state index >= 15 is 0 Å². The van der Waals surface area contributed by atoms with Gasteiger partial charge in [0.2, 0.25) is 0 Å². The SMILES string of the molecule is N#Cc1ccc(N(Cc2ccc(C(F)(F)F)cc2)c2nc(C=O)c(Br)s2)cc1. The summed E-state index contributed by atoms with van der Waals surface area (Å²) in [4.78, 5) is 17.2. The Hall–Kier alpha value is -2.70. The summed E-state index contributed by atoms with van der Waals surface area (Å²) in [7, 11) is 0. The van der Waals surface area contributed by atoms with Crippen LogP contribution >= 0.6 is 27.3 Å². The third kappa shape index (κ3) is 4.40. The van der Waals surface area contributed by atoms with Gasteiger partial charge in [0.15, 0.2) is 11.4 Å². The Balaban J connectivity index is 1.98. The second-order valence-corrected chi connectivity index (χ2v) is 8.01. The molecule has 0 radical (unpaired) electrons. The summed E-state index contributed by atoms with van der Waals surface area (Å²) < 4.78 is 38.9. The number of aldehydes is 1. The van der Waals surface area contributed by atoms with Gasteiger partial charge >= 0.3 is 6.18 Å². The minimum absolute atomic E-state index is 0.238. The highest BCUT2D eigenvalue weighted by Gasteiger charge is 2.30. The molecule has 9 heteroatoms. The van der Waals surface area contributed by atoms with E-state index in [1.807, 2.05) is 6.07 Å². The van der Waals surface area contributed by atoms with Gasteiger partial charge in [0.25, 0.3) is 0 Å². The molecule has 1 heterocycles.